The van der Waals surface area contributed by atoms with Crippen molar-refractivity contribution < 1.29 is 19.1 Å². The Morgan fingerprint density at radius 2 is 1.72 bits per heavy atom. The molecule has 0 saturated carbocycles. The summed E-state index contributed by atoms with van der Waals surface area (Å²) in [5, 5.41) is -0.325. The van der Waals surface area contributed by atoms with Crippen LogP contribution >= 0.6 is 27.7 Å². The van der Waals surface area contributed by atoms with Gasteiger partial charge in [0.25, 0.3) is 11.1 Å². The number of ether oxygens (including phenoxy) is 2. The van der Waals surface area contributed by atoms with Gasteiger partial charge in [-0.3, -0.25) is 9.59 Å². The Bertz CT molecular complexity index is 1190. The van der Waals surface area contributed by atoms with E-state index in [0.717, 1.165) is 21.8 Å². The molecule has 32 heavy (non-hydrogen) atoms. The zero-order valence-corrected chi connectivity index (χ0v) is 19.9. The van der Waals surface area contributed by atoms with Crippen molar-refractivity contribution in [2.75, 3.05) is 12.0 Å². The van der Waals surface area contributed by atoms with Gasteiger partial charge in [0, 0.05) is 4.47 Å². The van der Waals surface area contributed by atoms with Crippen LogP contribution in [0.1, 0.15) is 16.7 Å². The predicted molar refractivity (Wildman–Crippen MR) is 131 cm³/mol. The molecule has 162 valence electrons. The van der Waals surface area contributed by atoms with Crippen molar-refractivity contribution in [1.29, 1.82) is 0 Å². The van der Waals surface area contributed by atoms with Crippen molar-refractivity contribution in [2.45, 2.75) is 13.5 Å². The van der Waals surface area contributed by atoms with Crippen LogP contribution in [-0.4, -0.2) is 18.3 Å². The van der Waals surface area contributed by atoms with Crippen LogP contribution in [0.4, 0.5) is 10.5 Å². The number of halogens is 1. The fourth-order valence-electron chi connectivity index (χ4n) is 3.19. The molecule has 1 heterocycles. The second-order valence-corrected chi connectivity index (χ2v) is 9.00. The molecule has 1 fully saturated rings. The number of hydrogen-bond acceptors (Lipinski definition) is 5. The summed E-state index contributed by atoms with van der Waals surface area (Å²) in [7, 11) is 1.56. The highest BCUT2D eigenvalue weighted by atomic mass is 79.9. The number of methoxy groups -OCH3 is 1. The van der Waals surface area contributed by atoms with Gasteiger partial charge in [0.15, 0.2) is 11.5 Å². The van der Waals surface area contributed by atoms with Gasteiger partial charge in [-0.15, -0.1) is 0 Å². The summed E-state index contributed by atoms with van der Waals surface area (Å²) in [5.74, 6) is 0.764. The number of carbonyl (C=O) groups is 2. The first-order chi connectivity index (χ1) is 15.5. The molecule has 1 aliphatic heterocycles. The molecule has 0 unspecified atom stereocenters. The van der Waals surface area contributed by atoms with Gasteiger partial charge in [0.1, 0.15) is 6.61 Å². The van der Waals surface area contributed by atoms with E-state index < -0.39 is 0 Å². The van der Waals surface area contributed by atoms with Crippen LogP contribution in [-0.2, 0) is 11.4 Å². The summed E-state index contributed by atoms with van der Waals surface area (Å²) < 4.78 is 12.2. The molecule has 4 rings (SSSR count). The van der Waals surface area contributed by atoms with Gasteiger partial charge in [0.2, 0.25) is 0 Å². The number of carbonyl (C=O) groups excluding carboxylic acids is 2. The third-order valence-corrected chi connectivity index (χ3v) is 6.45. The van der Waals surface area contributed by atoms with Gasteiger partial charge < -0.3 is 9.47 Å². The quantitative estimate of drug-likeness (QED) is 0.351. The molecule has 3 aromatic carbocycles. The van der Waals surface area contributed by atoms with E-state index in [1.165, 1.54) is 10.5 Å². The Morgan fingerprint density at radius 3 is 2.41 bits per heavy atom. The molecule has 2 amide bonds. The molecule has 0 aromatic heterocycles. The van der Waals surface area contributed by atoms with E-state index in [0.29, 0.717) is 34.3 Å². The van der Waals surface area contributed by atoms with E-state index in [4.69, 9.17) is 9.47 Å². The van der Waals surface area contributed by atoms with Gasteiger partial charge in [-0.05, 0) is 60.2 Å². The van der Waals surface area contributed by atoms with Gasteiger partial charge >= 0.3 is 0 Å². The fourth-order valence-corrected chi connectivity index (χ4v) is 4.46. The number of anilines is 1. The topological polar surface area (TPSA) is 55.8 Å². The number of rotatable bonds is 6. The average molecular weight is 510 g/mol. The van der Waals surface area contributed by atoms with Crippen LogP contribution in [0, 0.1) is 6.92 Å². The van der Waals surface area contributed by atoms with Crippen LogP contribution in [0.5, 0.6) is 11.5 Å². The first kappa shape index (κ1) is 22.2. The molecule has 0 N–H and O–H groups in total. The van der Waals surface area contributed by atoms with E-state index in [9.17, 15) is 9.59 Å². The Morgan fingerprint density at radius 1 is 1.00 bits per heavy atom. The first-order valence-corrected chi connectivity index (χ1v) is 11.5. The van der Waals surface area contributed by atoms with E-state index in [2.05, 4.69) is 15.9 Å². The lowest BCUT2D eigenvalue weighted by Crippen LogP contribution is -2.27. The summed E-state index contributed by atoms with van der Waals surface area (Å²) in [6.45, 7) is 2.44. The number of para-hydroxylation sites is 1. The van der Waals surface area contributed by atoms with Crippen LogP contribution < -0.4 is 14.4 Å². The zero-order valence-electron chi connectivity index (χ0n) is 17.5. The maximum absolute atomic E-state index is 12.9. The Balaban J connectivity index is 1.57. The zero-order chi connectivity index (χ0) is 22.7. The van der Waals surface area contributed by atoms with Crippen LogP contribution in [0.15, 0.2) is 76.1 Å². The first-order valence-electron chi connectivity index (χ1n) is 9.85. The number of aryl methyl sites for hydroxylation is 1. The lowest BCUT2D eigenvalue weighted by Gasteiger charge is -2.13. The molecule has 0 atom stereocenters. The van der Waals surface area contributed by atoms with E-state index in [-0.39, 0.29) is 11.1 Å². The maximum Gasteiger partial charge on any atom is 0.298 e. The monoisotopic (exact) mass is 509 g/mol. The fraction of sp³-hybridized carbons (Fsp3) is 0.120. The highest BCUT2D eigenvalue weighted by Gasteiger charge is 2.36. The second kappa shape index (κ2) is 9.63. The minimum absolute atomic E-state index is 0.325. The van der Waals surface area contributed by atoms with E-state index in [1.807, 2.05) is 37.3 Å². The lowest BCUT2D eigenvalue weighted by atomic mass is 10.1. The summed E-state index contributed by atoms with van der Waals surface area (Å²) in [6.07, 6.45) is 1.68. The van der Waals surface area contributed by atoms with Crippen LogP contribution in [0.3, 0.4) is 0 Å². The number of benzene rings is 3. The minimum atomic E-state index is -0.350. The van der Waals surface area contributed by atoms with Crippen molar-refractivity contribution >= 4 is 50.6 Å². The van der Waals surface area contributed by atoms with Crippen molar-refractivity contribution in [3.8, 4) is 11.5 Å². The van der Waals surface area contributed by atoms with E-state index >= 15 is 0 Å². The molecule has 0 bridgehead atoms. The Labute approximate surface area is 199 Å². The smallest absolute Gasteiger partial charge is 0.298 e. The Hall–Kier alpha value is -3.03. The largest absolute Gasteiger partial charge is 0.493 e. The van der Waals surface area contributed by atoms with Crippen molar-refractivity contribution in [1.82, 2.24) is 0 Å². The van der Waals surface area contributed by atoms with Gasteiger partial charge in [-0.1, -0.05) is 64.0 Å². The normalized spacial score (nSPS) is 14.8. The molecular weight excluding hydrogens is 490 g/mol. The molecule has 1 aliphatic rings. The summed E-state index contributed by atoms with van der Waals surface area (Å²) in [4.78, 5) is 26.9. The SMILES string of the molecule is COc1cc(/C=C2\SC(=O)N(c3ccccc3)C2=O)c(Br)cc1OCc1ccc(C)cc1. The molecular formula is C25H20BrNO4S. The lowest BCUT2D eigenvalue weighted by molar-refractivity contribution is -0.113. The second-order valence-electron chi connectivity index (χ2n) is 7.15. The summed E-state index contributed by atoms with van der Waals surface area (Å²) >= 11 is 4.46. The highest BCUT2D eigenvalue weighted by Crippen LogP contribution is 2.39. The molecule has 5 nitrogen and oxygen atoms in total. The van der Waals surface area contributed by atoms with Crippen molar-refractivity contribution in [3.05, 3.63) is 92.8 Å². The third-order valence-electron chi connectivity index (χ3n) is 4.89. The number of hydrogen-bond donors (Lipinski definition) is 0. The van der Waals surface area contributed by atoms with Crippen molar-refractivity contribution in [3.63, 3.8) is 0 Å². The summed E-state index contributed by atoms with van der Waals surface area (Å²) in [5.41, 5.74) is 3.50. The van der Waals surface area contributed by atoms with E-state index in [1.54, 1.807) is 49.6 Å². The minimum Gasteiger partial charge on any atom is -0.493 e. The number of imide groups is 1. The van der Waals surface area contributed by atoms with Gasteiger partial charge in [-0.2, -0.15) is 0 Å². The molecule has 3 aromatic rings. The third kappa shape index (κ3) is 4.74. The molecule has 0 aliphatic carbocycles. The standard InChI is InChI=1S/C25H20BrNO4S/c1-16-8-10-17(11-9-16)15-31-22-14-20(26)18(12-21(22)30-2)13-23-24(28)27(25(29)32-23)19-6-4-3-5-7-19/h3-14H,15H2,1-2H3/b23-13-. The number of thioether (sulfide) groups is 1. The molecule has 1 saturated heterocycles. The molecule has 0 radical (unpaired) electrons. The highest BCUT2D eigenvalue weighted by molar-refractivity contribution is 9.10. The van der Waals surface area contributed by atoms with Gasteiger partial charge in [0.05, 0.1) is 17.7 Å². The number of amides is 2. The maximum atomic E-state index is 12.9. The predicted octanol–water partition coefficient (Wildman–Crippen LogP) is 6.59. The Kier molecular flexibility index (Phi) is 6.67. The van der Waals surface area contributed by atoms with Crippen LogP contribution in [0.25, 0.3) is 6.08 Å². The molecule has 0 spiro atoms. The number of nitrogens with zero attached hydrogens (tertiary/aromatic N) is 1. The van der Waals surface area contributed by atoms with Gasteiger partial charge in [-0.25, -0.2) is 4.90 Å². The van der Waals surface area contributed by atoms with Crippen LogP contribution in [0.2, 0.25) is 0 Å². The summed E-state index contributed by atoms with van der Waals surface area (Å²) in [6, 6.07) is 20.6. The average Bonchev–Trinajstić information content (AvgIpc) is 3.08. The molecule has 7 heteroatoms. The van der Waals surface area contributed by atoms with Crippen molar-refractivity contribution in [2.24, 2.45) is 0 Å².